The Morgan fingerprint density at radius 1 is 1.12 bits per heavy atom. The molecule has 0 saturated carbocycles. The Hall–Kier alpha value is -2.93. The molecule has 0 atom stereocenters. The molecular weight excluding hydrogens is 206 g/mol. The molecule has 0 radical (unpaired) electrons. The second-order valence-corrected chi connectivity index (χ2v) is 2.83. The fourth-order valence-corrected chi connectivity index (χ4v) is 1.17. The molecule has 0 aliphatic heterocycles. The number of hydrogen-bond acceptors (Lipinski definition) is 6. The lowest BCUT2D eigenvalue weighted by molar-refractivity contribution is 0.959. The van der Waals surface area contributed by atoms with E-state index in [1.807, 2.05) is 12.1 Å². The Bertz CT molecular complexity index is 596. The zero-order chi connectivity index (χ0) is 11.5. The maximum atomic E-state index is 8.90. The number of aromatic nitrogens is 4. The molecule has 0 fully saturated rings. The lowest BCUT2D eigenvalue weighted by Crippen LogP contribution is -2.01. The van der Waals surface area contributed by atoms with Gasteiger partial charge in [0.05, 0.1) is 12.4 Å². The smallest absolute Gasteiger partial charge is 0.177 e. The van der Waals surface area contributed by atoms with Crippen molar-refractivity contribution in [2.45, 2.75) is 0 Å². The molecule has 7 nitrogen and oxygen atoms in total. The average molecular weight is 211 g/mol. The van der Waals surface area contributed by atoms with Crippen molar-refractivity contribution >= 4 is 5.82 Å². The first kappa shape index (κ1) is 9.62. The number of rotatable bonds is 1. The van der Waals surface area contributed by atoms with Gasteiger partial charge in [-0.25, -0.2) is 15.0 Å². The van der Waals surface area contributed by atoms with Gasteiger partial charge < -0.3 is 5.73 Å². The summed E-state index contributed by atoms with van der Waals surface area (Å²) in [5.74, 6) is 0.669. The summed E-state index contributed by atoms with van der Waals surface area (Å²) in [6, 6.07) is 3.71. The number of nitrogen functional groups attached to an aromatic ring is 1. The van der Waals surface area contributed by atoms with Gasteiger partial charge in [0.2, 0.25) is 0 Å². The van der Waals surface area contributed by atoms with Gasteiger partial charge in [-0.3, -0.25) is 4.57 Å². The van der Waals surface area contributed by atoms with Crippen LogP contribution >= 0.6 is 0 Å². The molecule has 0 aliphatic carbocycles. The summed E-state index contributed by atoms with van der Waals surface area (Å²) >= 11 is 0. The van der Waals surface area contributed by atoms with E-state index in [4.69, 9.17) is 16.3 Å². The highest BCUT2D eigenvalue weighted by Crippen LogP contribution is 2.11. The van der Waals surface area contributed by atoms with Gasteiger partial charge in [-0.15, -0.1) is 0 Å². The van der Waals surface area contributed by atoms with Crippen molar-refractivity contribution in [1.82, 2.24) is 19.5 Å². The predicted octanol–water partition coefficient (Wildman–Crippen LogP) is -0.0121. The maximum absolute atomic E-state index is 8.90. The van der Waals surface area contributed by atoms with Gasteiger partial charge in [-0.2, -0.15) is 10.5 Å². The second kappa shape index (κ2) is 3.67. The van der Waals surface area contributed by atoms with Gasteiger partial charge in [0.15, 0.2) is 17.2 Å². The van der Waals surface area contributed by atoms with Crippen LogP contribution in [0.25, 0.3) is 5.82 Å². The van der Waals surface area contributed by atoms with Crippen molar-refractivity contribution < 1.29 is 0 Å². The molecule has 0 unspecified atom stereocenters. The van der Waals surface area contributed by atoms with Crippen LogP contribution in [0.4, 0.5) is 5.82 Å². The molecule has 76 valence electrons. The Morgan fingerprint density at radius 3 is 2.50 bits per heavy atom. The Kier molecular flexibility index (Phi) is 2.21. The van der Waals surface area contributed by atoms with E-state index in [1.54, 1.807) is 0 Å². The van der Waals surface area contributed by atoms with Crippen molar-refractivity contribution in [3.63, 3.8) is 0 Å². The molecule has 0 amide bonds. The van der Waals surface area contributed by atoms with E-state index in [1.165, 1.54) is 23.3 Å². The molecule has 0 spiro atoms. The summed E-state index contributed by atoms with van der Waals surface area (Å²) < 4.78 is 1.38. The summed E-state index contributed by atoms with van der Waals surface area (Å²) in [4.78, 5) is 11.6. The zero-order valence-electron chi connectivity index (χ0n) is 7.99. The number of anilines is 1. The highest BCUT2D eigenvalue weighted by molar-refractivity contribution is 5.41. The third kappa shape index (κ3) is 1.42. The molecule has 0 aliphatic rings. The van der Waals surface area contributed by atoms with E-state index in [0.29, 0.717) is 5.82 Å². The molecule has 2 aromatic heterocycles. The van der Waals surface area contributed by atoms with Crippen molar-refractivity contribution in [3.8, 4) is 18.0 Å². The van der Waals surface area contributed by atoms with E-state index >= 15 is 0 Å². The van der Waals surface area contributed by atoms with Crippen LogP contribution in [0, 0.1) is 22.7 Å². The van der Waals surface area contributed by atoms with Crippen LogP contribution in [0.3, 0.4) is 0 Å². The summed E-state index contributed by atoms with van der Waals surface area (Å²) in [6.45, 7) is 0. The normalized spacial score (nSPS) is 9.38. The molecular formula is C9H5N7. The van der Waals surface area contributed by atoms with Crippen LogP contribution in [0.2, 0.25) is 0 Å². The van der Waals surface area contributed by atoms with Crippen LogP contribution in [0.5, 0.6) is 0 Å². The van der Waals surface area contributed by atoms with Gasteiger partial charge in [0.1, 0.15) is 24.3 Å². The topological polar surface area (TPSA) is 117 Å². The van der Waals surface area contributed by atoms with Gasteiger partial charge >= 0.3 is 0 Å². The maximum Gasteiger partial charge on any atom is 0.177 e. The molecule has 16 heavy (non-hydrogen) atoms. The van der Waals surface area contributed by atoms with Crippen molar-refractivity contribution in [2.75, 3.05) is 5.73 Å². The van der Waals surface area contributed by atoms with Crippen LogP contribution < -0.4 is 5.73 Å². The van der Waals surface area contributed by atoms with Crippen molar-refractivity contribution in [1.29, 1.82) is 10.5 Å². The number of nitrogens with zero attached hydrogens (tertiary/aromatic N) is 6. The monoisotopic (exact) mass is 211 g/mol. The molecule has 0 bridgehead atoms. The van der Waals surface area contributed by atoms with E-state index in [2.05, 4.69) is 15.0 Å². The predicted molar refractivity (Wildman–Crippen MR) is 53.0 cm³/mol. The number of nitrogens with two attached hydrogens (primary N) is 1. The van der Waals surface area contributed by atoms with Crippen molar-refractivity contribution in [3.05, 3.63) is 30.1 Å². The first-order chi connectivity index (χ1) is 7.76. The largest absolute Gasteiger partial charge is 0.382 e. The fraction of sp³-hybridized carbons (Fsp3) is 0. The molecule has 2 heterocycles. The molecule has 2 N–H and O–H groups in total. The zero-order valence-corrected chi connectivity index (χ0v) is 7.99. The fourth-order valence-electron chi connectivity index (χ4n) is 1.17. The minimum Gasteiger partial charge on any atom is -0.382 e. The standard InChI is InChI=1S/C9H5N7/c10-1-6-7(2-11)16(5-15-6)9-4-13-8(12)3-14-9/h3-5H,(H2,12,13). The summed E-state index contributed by atoms with van der Waals surface area (Å²) in [6.07, 6.45) is 4.11. The minimum atomic E-state index is 0.0566. The number of hydrogen-bond donors (Lipinski definition) is 1. The van der Waals surface area contributed by atoms with Crippen LogP contribution in [-0.2, 0) is 0 Å². The number of nitriles is 2. The van der Waals surface area contributed by atoms with Crippen LogP contribution in [0.15, 0.2) is 18.7 Å². The number of imidazole rings is 1. The van der Waals surface area contributed by atoms with E-state index < -0.39 is 0 Å². The molecule has 2 rings (SSSR count). The lowest BCUT2D eigenvalue weighted by Gasteiger charge is -2.01. The third-order valence-electron chi connectivity index (χ3n) is 1.88. The first-order valence-corrected chi connectivity index (χ1v) is 4.21. The van der Waals surface area contributed by atoms with Crippen LogP contribution in [0.1, 0.15) is 11.4 Å². The van der Waals surface area contributed by atoms with Crippen molar-refractivity contribution in [2.24, 2.45) is 0 Å². The van der Waals surface area contributed by atoms with E-state index in [0.717, 1.165) is 0 Å². The van der Waals surface area contributed by atoms with Crippen LogP contribution in [-0.4, -0.2) is 19.5 Å². The third-order valence-corrected chi connectivity index (χ3v) is 1.88. The highest BCUT2D eigenvalue weighted by atomic mass is 15.1. The Balaban J connectivity index is 2.58. The summed E-state index contributed by atoms with van der Waals surface area (Å²) in [7, 11) is 0. The van der Waals surface area contributed by atoms with Gasteiger partial charge in [-0.05, 0) is 0 Å². The summed E-state index contributed by atoms with van der Waals surface area (Å²) in [5.41, 5.74) is 5.57. The molecule has 0 saturated heterocycles. The highest BCUT2D eigenvalue weighted by Gasteiger charge is 2.12. The van der Waals surface area contributed by atoms with Gasteiger partial charge in [0.25, 0.3) is 0 Å². The SMILES string of the molecule is N#Cc1ncn(-c2cnc(N)cn2)c1C#N. The minimum absolute atomic E-state index is 0.0566. The first-order valence-electron chi connectivity index (χ1n) is 4.21. The Morgan fingerprint density at radius 2 is 1.94 bits per heavy atom. The molecule has 2 aromatic rings. The van der Waals surface area contributed by atoms with Gasteiger partial charge in [-0.1, -0.05) is 0 Å². The second-order valence-electron chi connectivity index (χ2n) is 2.83. The van der Waals surface area contributed by atoms with Gasteiger partial charge in [0, 0.05) is 0 Å². The lowest BCUT2D eigenvalue weighted by atomic mass is 10.3. The molecule has 7 heteroatoms. The van der Waals surface area contributed by atoms with E-state index in [-0.39, 0.29) is 17.2 Å². The quantitative estimate of drug-likeness (QED) is 0.708. The Labute approximate surface area is 90.4 Å². The molecule has 0 aromatic carbocycles. The average Bonchev–Trinajstić information content (AvgIpc) is 2.72. The summed E-state index contributed by atoms with van der Waals surface area (Å²) in [5, 5.41) is 17.6. The van der Waals surface area contributed by atoms with E-state index in [9.17, 15) is 0 Å².